The van der Waals surface area contributed by atoms with Gasteiger partial charge in [-0.05, 0) is 26.2 Å². The largest absolute Gasteiger partial charge is 0.275 e. The van der Waals surface area contributed by atoms with Crippen molar-refractivity contribution in [2.45, 2.75) is 142 Å². The topological polar surface area (TPSA) is 37.4 Å². The van der Waals surface area contributed by atoms with Crippen LogP contribution in [0.25, 0.3) is 0 Å². The molecule has 1 atom stereocenters. The minimum Gasteiger partial charge on any atom is -0.275 e. The second kappa shape index (κ2) is 16.7. The number of carbonyl (C=O) groups is 2. The van der Waals surface area contributed by atoms with Crippen LogP contribution in [0.1, 0.15) is 136 Å². The quantitative estimate of drug-likeness (QED) is 0.133. The molecule has 1 aliphatic heterocycles. The van der Waals surface area contributed by atoms with E-state index in [0.717, 1.165) is 25.7 Å². The van der Waals surface area contributed by atoms with E-state index in [1.54, 1.807) is 4.90 Å². The van der Waals surface area contributed by atoms with Gasteiger partial charge in [-0.15, -0.1) is 0 Å². The van der Waals surface area contributed by atoms with Crippen LogP contribution < -0.4 is 0 Å². The number of nitrogens with zero attached hydrogens (tertiary/aromatic N) is 1. The molecule has 3 heteroatoms. The van der Waals surface area contributed by atoms with Gasteiger partial charge in [-0.2, -0.15) is 0 Å². The van der Waals surface area contributed by atoms with E-state index in [9.17, 15) is 9.59 Å². The molecule has 0 aromatic carbocycles. The Kier molecular flexibility index (Phi) is 14.9. The Morgan fingerprint density at radius 2 is 1.21 bits per heavy atom. The molecule has 1 rings (SSSR count). The molecule has 168 valence electrons. The van der Waals surface area contributed by atoms with Crippen molar-refractivity contribution in [3.05, 3.63) is 11.6 Å². The van der Waals surface area contributed by atoms with Crippen LogP contribution in [0.2, 0.25) is 0 Å². The highest BCUT2D eigenvalue weighted by Gasteiger charge is 2.35. The predicted molar refractivity (Wildman–Crippen MR) is 124 cm³/mol. The number of amides is 2. The Bertz CT molecular complexity index is 467. The smallest absolute Gasteiger partial charge is 0.230 e. The Balaban J connectivity index is 2.18. The summed E-state index contributed by atoms with van der Waals surface area (Å²) in [7, 11) is 0. The molecule has 0 radical (unpaired) electrons. The Hall–Kier alpha value is -1.12. The molecule has 1 unspecified atom stereocenters. The highest BCUT2D eigenvalue weighted by molar-refractivity contribution is 6.02. The van der Waals surface area contributed by atoms with Crippen molar-refractivity contribution in [3.8, 4) is 0 Å². The molecule has 1 aliphatic rings. The van der Waals surface area contributed by atoms with Gasteiger partial charge in [0.15, 0.2) is 0 Å². The highest BCUT2D eigenvalue weighted by Crippen LogP contribution is 2.25. The fourth-order valence-electron chi connectivity index (χ4n) is 4.35. The Labute approximate surface area is 180 Å². The fourth-order valence-corrected chi connectivity index (χ4v) is 4.35. The van der Waals surface area contributed by atoms with Crippen LogP contribution in [0.4, 0.5) is 0 Å². The normalized spacial score (nSPS) is 16.1. The van der Waals surface area contributed by atoms with Gasteiger partial charge in [0, 0.05) is 12.8 Å². The number of rotatable bonds is 18. The molecular formula is C26H47NO2. The van der Waals surface area contributed by atoms with Crippen molar-refractivity contribution in [2.75, 3.05) is 0 Å². The molecule has 29 heavy (non-hydrogen) atoms. The average Bonchev–Trinajstić information content (AvgIpc) is 3.04. The van der Waals surface area contributed by atoms with Crippen molar-refractivity contribution in [3.63, 3.8) is 0 Å². The zero-order chi connectivity index (χ0) is 21.3. The van der Waals surface area contributed by atoms with Crippen LogP contribution in [-0.4, -0.2) is 22.8 Å². The summed E-state index contributed by atoms with van der Waals surface area (Å²) in [5.41, 5.74) is 1.21. The number of imide groups is 1. The lowest BCUT2D eigenvalue weighted by Gasteiger charge is -2.27. The first-order chi connectivity index (χ1) is 14.1. The van der Waals surface area contributed by atoms with Gasteiger partial charge in [0.05, 0.1) is 6.04 Å². The van der Waals surface area contributed by atoms with Crippen molar-refractivity contribution < 1.29 is 9.59 Å². The van der Waals surface area contributed by atoms with Gasteiger partial charge in [-0.1, -0.05) is 109 Å². The molecule has 1 heterocycles. The second-order valence-electron chi connectivity index (χ2n) is 8.94. The third-order valence-corrected chi connectivity index (χ3v) is 6.28. The standard InChI is InChI=1S/C26H47NO2/c1-4-6-8-9-10-11-12-13-14-15-16-17-18-19-23(3)24(20-7-5-2)27-25(28)21-22-26(27)29/h19,24H,4-18,20-22H2,1-3H3. The van der Waals surface area contributed by atoms with Crippen LogP contribution in [0, 0.1) is 0 Å². The second-order valence-corrected chi connectivity index (χ2v) is 8.94. The molecule has 3 nitrogen and oxygen atoms in total. The summed E-state index contributed by atoms with van der Waals surface area (Å²) in [4.78, 5) is 25.9. The lowest BCUT2D eigenvalue weighted by Crippen LogP contribution is -2.40. The van der Waals surface area contributed by atoms with Crippen LogP contribution in [0.5, 0.6) is 0 Å². The molecule has 1 saturated heterocycles. The maximum Gasteiger partial charge on any atom is 0.230 e. The van der Waals surface area contributed by atoms with E-state index in [1.165, 1.54) is 82.6 Å². The third kappa shape index (κ3) is 11.0. The molecule has 0 aromatic heterocycles. The van der Waals surface area contributed by atoms with Crippen molar-refractivity contribution in [1.82, 2.24) is 4.90 Å². The van der Waals surface area contributed by atoms with E-state index in [-0.39, 0.29) is 17.9 Å². The first-order valence-corrected chi connectivity index (χ1v) is 12.6. The minimum absolute atomic E-state index is 0.00484. The van der Waals surface area contributed by atoms with Gasteiger partial charge >= 0.3 is 0 Å². The van der Waals surface area contributed by atoms with Gasteiger partial charge in [0.1, 0.15) is 0 Å². The minimum atomic E-state index is -0.00484. The molecule has 0 aliphatic carbocycles. The van der Waals surface area contributed by atoms with Crippen molar-refractivity contribution >= 4 is 11.8 Å². The lowest BCUT2D eigenvalue weighted by atomic mass is 9.98. The fraction of sp³-hybridized carbons (Fsp3) is 0.846. The van der Waals surface area contributed by atoms with Crippen LogP contribution in [0.3, 0.4) is 0 Å². The van der Waals surface area contributed by atoms with E-state index in [4.69, 9.17) is 0 Å². The highest BCUT2D eigenvalue weighted by atomic mass is 16.2. The van der Waals surface area contributed by atoms with E-state index in [0.29, 0.717) is 12.8 Å². The molecule has 2 amide bonds. The molecule has 1 fully saturated rings. The van der Waals surface area contributed by atoms with E-state index in [2.05, 4.69) is 26.8 Å². The average molecular weight is 406 g/mol. The molecule has 0 saturated carbocycles. The van der Waals surface area contributed by atoms with Crippen molar-refractivity contribution in [2.24, 2.45) is 0 Å². The Morgan fingerprint density at radius 3 is 1.69 bits per heavy atom. The molecule has 0 aromatic rings. The summed E-state index contributed by atoms with van der Waals surface area (Å²) in [6.07, 6.45) is 23.7. The molecular weight excluding hydrogens is 358 g/mol. The van der Waals surface area contributed by atoms with Crippen LogP contribution in [-0.2, 0) is 9.59 Å². The number of unbranched alkanes of at least 4 members (excludes halogenated alkanes) is 13. The number of allylic oxidation sites excluding steroid dienone is 1. The van der Waals surface area contributed by atoms with E-state index < -0.39 is 0 Å². The van der Waals surface area contributed by atoms with Gasteiger partial charge < -0.3 is 0 Å². The van der Waals surface area contributed by atoms with E-state index >= 15 is 0 Å². The van der Waals surface area contributed by atoms with Crippen LogP contribution >= 0.6 is 0 Å². The zero-order valence-corrected chi connectivity index (χ0v) is 19.6. The van der Waals surface area contributed by atoms with Gasteiger partial charge in [-0.25, -0.2) is 0 Å². The molecule has 0 bridgehead atoms. The number of hydrogen-bond acceptors (Lipinski definition) is 2. The number of carbonyl (C=O) groups excluding carboxylic acids is 2. The van der Waals surface area contributed by atoms with Gasteiger partial charge in [0.2, 0.25) is 11.8 Å². The first-order valence-electron chi connectivity index (χ1n) is 12.6. The Morgan fingerprint density at radius 1 is 0.759 bits per heavy atom. The molecule has 0 N–H and O–H groups in total. The first kappa shape index (κ1) is 25.9. The van der Waals surface area contributed by atoms with E-state index in [1.807, 2.05) is 0 Å². The summed E-state index contributed by atoms with van der Waals surface area (Å²) >= 11 is 0. The number of likely N-dealkylation sites (tertiary alicyclic amines) is 1. The van der Waals surface area contributed by atoms with Gasteiger partial charge in [-0.3, -0.25) is 14.5 Å². The summed E-state index contributed by atoms with van der Waals surface area (Å²) in [5, 5.41) is 0. The summed E-state index contributed by atoms with van der Waals surface area (Å²) in [6, 6.07) is -0.00484. The lowest BCUT2D eigenvalue weighted by molar-refractivity contribution is -0.140. The maximum atomic E-state index is 12.2. The van der Waals surface area contributed by atoms with Gasteiger partial charge in [0.25, 0.3) is 0 Å². The predicted octanol–water partition coefficient (Wildman–Crippen LogP) is 7.73. The van der Waals surface area contributed by atoms with Crippen LogP contribution in [0.15, 0.2) is 11.6 Å². The zero-order valence-electron chi connectivity index (χ0n) is 19.6. The molecule has 0 spiro atoms. The third-order valence-electron chi connectivity index (χ3n) is 6.28. The number of hydrogen-bond donors (Lipinski definition) is 0. The monoisotopic (exact) mass is 405 g/mol. The summed E-state index contributed by atoms with van der Waals surface area (Å²) in [5.74, 6) is 0.0448. The summed E-state index contributed by atoms with van der Waals surface area (Å²) in [6.45, 7) is 6.55. The van der Waals surface area contributed by atoms with Crippen molar-refractivity contribution in [1.29, 1.82) is 0 Å². The maximum absolute atomic E-state index is 12.2. The summed E-state index contributed by atoms with van der Waals surface area (Å²) < 4.78 is 0. The SMILES string of the molecule is CCCCCCCCCCCCCCC=C(C)C(CCCC)N1C(=O)CCC1=O.